The number of rotatable bonds is 7. The zero-order valence-corrected chi connectivity index (χ0v) is 16.6. The van der Waals surface area contributed by atoms with Crippen LogP contribution in [0.25, 0.3) is 0 Å². The van der Waals surface area contributed by atoms with Crippen LogP contribution in [-0.2, 0) is 24.1 Å². The third-order valence-corrected chi connectivity index (χ3v) is 5.64. The minimum absolute atomic E-state index is 0.0314. The van der Waals surface area contributed by atoms with Gasteiger partial charge >= 0.3 is 12.1 Å². The molecule has 2 fully saturated rings. The van der Waals surface area contributed by atoms with E-state index in [-0.39, 0.29) is 29.7 Å². The molecule has 8 heteroatoms. The zero-order chi connectivity index (χ0) is 21.5. The highest BCUT2D eigenvalue weighted by Gasteiger charge is 2.38. The van der Waals surface area contributed by atoms with Crippen molar-refractivity contribution in [3.63, 3.8) is 0 Å². The molecule has 1 aliphatic carbocycles. The molecule has 1 N–H and O–H groups in total. The summed E-state index contributed by atoms with van der Waals surface area (Å²) in [6.07, 6.45) is -1.50. The largest absolute Gasteiger partial charge is 0.487 e. The molecule has 0 radical (unpaired) electrons. The van der Waals surface area contributed by atoms with Crippen molar-refractivity contribution >= 4 is 5.97 Å². The van der Waals surface area contributed by atoms with Crippen molar-refractivity contribution in [1.82, 2.24) is 9.88 Å². The van der Waals surface area contributed by atoms with E-state index < -0.39 is 17.7 Å². The first-order valence-corrected chi connectivity index (χ1v) is 9.94. The number of ether oxygens (including phenoxy) is 1. The molecule has 1 aliphatic heterocycles. The fourth-order valence-electron chi connectivity index (χ4n) is 3.79. The summed E-state index contributed by atoms with van der Waals surface area (Å²) in [6, 6.07) is 6.73. The lowest BCUT2D eigenvalue weighted by atomic mass is 9.99. The summed E-state index contributed by atoms with van der Waals surface area (Å²) in [6.45, 7) is 3.57. The van der Waals surface area contributed by atoms with E-state index in [4.69, 9.17) is 9.84 Å². The van der Waals surface area contributed by atoms with E-state index in [1.165, 1.54) is 6.20 Å². The molecule has 160 valence electrons. The topological polar surface area (TPSA) is 62.7 Å². The van der Waals surface area contributed by atoms with Crippen LogP contribution in [0.1, 0.15) is 46.7 Å². The van der Waals surface area contributed by atoms with Gasteiger partial charge in [0.05, 0.1) is 17.2 Å². The molecular weight excluding hydrogens is 397 g/mol. The number of aromatic nitrogens is 1. The van der Waals surface area contributed by atoms with Gasteiger partial charge in [-0.1, -0.05) is 12.1 Å². The summed E-state index contributed by atoms with van der Waals surface area (Å²) in [4.78, 5) is 17.1. The van der Waals surface area contributed by atoms with E-state index in [2.05, 4.69) is 9.88 Å². The van der Waals surface area contributed by atoms with Gasteiger partial charge in [0.2, 0.25) is 0 Å². The number of hydrogen-bond acceptors (Lipinski definition) is 4. The van der Waals surface area contributed by atoms with Crippen molar-refractivity contribution in [2.24, 2.45) is 5.92 Å². The number of hydrogen-bond donors (Lipinski definition) is 1. The Hall–Kier alpha value is -2.61. The molecule has 2 heterocycles. The quantitative estimate of drug-likeness (QED) is 0.720. The Bertz CT molecular complexity index is 951. The van der Waals surface area contributed by atoms with Crippen LogP contribution in [0.2, 0.25) is 0 Å². The Morgan fingerprint density at radius 2 is 2.00 bits per heavy atom. The minimum atomic E-state index is -4.40. The molecule has 0 atom stereocenters. The van der Waals surface area contributed by atoms with Gasteiger partial charge < -0.3 is 9.84 Å². The number of likely N-dealkylation sites (tertiary alicyclic amines) is 1. The molecule has 30 heavy (non-hydrogen) atoms. The number of benzene rings is 1. The normalized spacial score (nSPS) is 17.6. The van der Waals surface area contributed by atoms with Crippen LogP contribution in [0, 0.1) is 12.8 Å². The van der Waals surface area contributed by atoms with Gasteiger partial charge in [0.25, 0.3) is 0 Å². The van der Waals surface area contributed by atoms with Gasteiger partial charge in [0.1, 0.15) is 12.4 Å². The summed E-state index contributed by atoms with van der Waals surface area (Å²) in [5.74, 6) is -0.504. The lowest BCUT2D eigenvalue weighted by Crippen LogP contribution is -2.49. The van der Waals surface area contributed by atoms with Crippen molar-refractivity contribution in [2.75, 3.05) is 13.1 Å². The van der Waals surface area contributed by atoms with Gasteiger partial charge in [0, 0.05) is 25.8 Å². The SMILES string of the molecule is Cc1cc(CN2CC(C(=O)O)C2)ccc1OCc1cc(C(F)(F)F)c(C2CC2)cn1. The predicted molar refractivity (Wildman–Crippen MR) is 103 cm³/mol. The Labute approximate surface area is 172 Å². The average molecular weight is 420 g/mol. The van der Waals surface area contributed by atoms with Crippen LogP contribution < -0.4 is 4.74 Å². The van der Waals surface area contributed by atoms with Crippen molar-refractivity contribution in [3.05, 3.63) is 58.4 Å². The van der Waals surface area contributed by atoms with E-state index >= 15 is 0 Å². The van der Waals surface area contributed by atoms with E-state index in [1.54, 1.807) is 6.07 Å². The van der Waals surface area contributed by atoms with Crippen LogP contribution in [0.5, 0.6) is 5.75 Å². The van der Waals surface area contributed by atoms with E-state index in [0.29, 0.717) is 25.4 Å². The monoisotopic (exact) mass is 420 g/mol. The number of halogens is 3. The van der Waals surface area contributed by atoms with E-state index in [9.17, 15) is 18.0 Å². The number of alkyl halides is 3. The van der Waals surface area contributed by atoms with E-state index in [0.717, 1.165) is 30.0 Å². The molecular formula is C22H23F3N2O3. The second-order valence-electron chi connectivity index (χ2n) is 8.15. The van der Waals surface area contributed by atoms with Gasteiger partial charge in [-0.2, -0.15) is 13.2 Å². The van der Waals surface area contributed by atoms with Crippen LogP contribution in [-0.4, -0.2) is 34.0 Å². The molecule has 2 aliphatic rings. The second-order valence-corrected chi connectivity index (χ2v) is 8.15. The standard InChI is InChI=1S/C22H23F3N2O3/c1-13-6-14(9-27-10-16(11-27)21(28)29)2-5-20(13)30-12-17-7-19(22(23,24)25)18(8-26-17)15-3-4-15/h2,5-8,15-16H,3-4,9-12H2,1H3,(H,28,29). The highest BCUT2D eigenvalue weighted by molar-refractivity contribution is 5.71. The van der Waals surface area contributed by atoms with E-state index in [1.807, 2.05) is 19.1 Å². The van der Waals surface area contributed by atoms with Gasteiger partial charge in [0.15, 0.2) is 0 Å². The van der Waals surface area contributed by atoms with Crippen LogP contribution in [0.4, 0.5) is 13.2 Å². The molecule has 1 saturated heterocycles. The third-order valence-electron chi connectivity index (χ3n) is 5.64. The number of aryl methyl sites for hydroxylation is 1. The summed E-state index contributed by atoms with van der Waals surface area (Å²) in [5.41, 5.74) is 1.82. The summed E-state index contributed by atoms with van der Waals surface area (Å²) >= 11 is 0. The van der Waals surface area contributed by atoms with Gasteiger partial charge in [-0.15, -0.1) is 0 Å². The summed E-state index contributed by atoms with van der Waals surface area (Å²) in [5, 5.41) is 8.95. The zero-order valence-electron chi connectivity index (χ0n) is 16.6. The Morgan fingerprint density at radius 3 is 2.60 bits per heavy atom. The molecule has 0 bridgehead atoms. The first-order valence-electron chi connectivity index (χ1n) is 9.94. The average Bonchev–Trinajstić information content (AvgIpc) is 3.47. The predicted octanol–water partition coefficient (Wildman–Crippen LogP) is 4.38. The molecule has 0 amide bonds. The summed E-state index contributed by atoms with van der Waals surface area (Å²) < 4.78 is 45.9. The Balaban J connectivity index is 1.39. The molecule has 0 unspecified atom stereocenters. The van der Waals surface area contributed by atoms with Crippen molar-refractivity contribution in [1.29, 1.82) is 0 Å². The van der Waals surface area contributed by atoms with Crippen LogP contribution in [0.3, 0.4) is 0 Å². The minimum Gasteiger partial charge on any atom is -0.487 e. The number of nitrogens with zero attached hydrogens (tertiary/aromatic N) is 2. The van der Waals surface area contributed by atoms with Crippen molar-refractivity contribution in [2.45, 2.75) is 45.0 Å². The highest BCUT2D eigenvalue weighted by Crippen LogP contribution is 2.45. The van der Waals surface area contributed by atoms with Gasteiger partial charge in [-0.05, 0) is 54.5 Å². The maximum absolute atomic E-state index is 13.4. The highest BCUT2D eigenvalue weighted by atomic mass is 19.4. The lowest BCUT2D eigenvalue weighted by molar-refractivity contribution is -0.147. The summed E-state index contributed by atoms with van der Waals surface area (Å²) in [7, 11) is 0. The molecule has 1 saturated carbocycles. The molecule has 1 aromatic heterocycles. The van der Waals surface area contributed by atoms with Crippen molar-refractivity contribution in [3.8, 4) is 5.75 Å². The van der Waals surface area contributed by atoms with Gasteiger partial charge in [-0.3, -0.25) is 14.7 Å². The molecule has 1 aromatic carbocycles. The first kappa shape index (κ1) is 20.7. The van der Waals surface area contributed by atoms with Crippen LogP contribution >= 0.6 is 0 Å². The lowest BCUT2D eigenvalue weighted by Gasteiger charge is -2.36. The molecule has 4 rings (SSSR count). The maximum atomic E-state index is 13.4. The second kappa shape index (κ2) is 7.91. The third kappa shape index (κ3) is 4.59. The smallest absolute Gasteiger partial charge is 0.416 e. The number of carboxylic acid groups (broad SMARTS) is 1. The fourth-order valence-corrected chi connectivity index (χ4v) is 3.79. The molecule has 0 spiro atoms. The number of carbonyl (C=O) groups is 1. The number of carboxylic acids is 1. The maximum Gasteiger partial charge on any atom is 0.416 e. The Morgan fingerprint density at radius 1 is 1.27 bits per heavy atom. The van der Waals surface area contributed by atoms with Crippen molar-refractivity contribution < 1.29 is 27.8 Å². The van der Waals surface area contributed by atoms with Crippen LogP contribution in [0.15, 0.2) is 30.5 Å². The molecule has 2 aromatic rings. The first-order chi connectivity index (χ1) is 14.2. The number of pyridine rings is 1. The Kier molecular flexibility index (Phi) is 5.44. The fraction of sp³-hybridized carbons (Fsp3) is 0.455. The molecule has 5 nitrogen and oxygen atoms in total. The van der Waals surface area contributed by atoms with Gasteiger partial charge in [-0.25, -0.2) is 0 Å². The number of aliphatic carboxylic acids is 1.